The van der Waals surface area contributed by atoms with Crippen molar-refractivity contribution in [1.29, 1.82) is 0 Å². The van der Waals surface area contributed by atoms with Gasteiger partial charge in [-0.3, -0.25) is 0 Å². The lowest BCUT2D eigenvalue weighted by Crippen LogP contribution is -2.35. The van der Waals surface area contributed by atoms with E-state index in [0.29, 0.717) is 0 Å². The molecule has 0 aromatic heterocycles. The van der Waals surface area contributed by atoms with Gasteiger partial charge in [-0.25, -0.2) is 0 Å². The predicted molar refractivity (Wildman–Crippen MR) is 48.6 cm³/mol. The molecule has 0 fully saturated rings. The van der Waals surface area contributed by atoms with Gasteiger partial charge < -0.3 is 0 Å². The smallest absolute Gasteiger partial charge is 0.0466 e. The first kappa shape index (κ1) is 10.3. The van der Waals surface area contributed by atoms with E-state index in [9.17, 15) is 0 Å². The zero-order chi connectivity index (χ0) is 8.41. The van der Waals surface area contributed by atoms with E-state index in [-0.39, 0.29) is 10.3 Å². The maximum Gasteiger partial charge on any atom is 0.0466 e. The summed E-state index contributed by atoms with van der Waals surface area (Å²) in [6.45, 7) is 10.9. The average Bonchev–Trinajstić information content (AvgIpc) is 1.88. The Morgan fingerprint density at radius 2 is 1.40 bits per heavy atom. The second-order valence-corrected chi connectivity index (χ2v) is 4.62. The summed E-state index contributed by atoms with van der Waals surface area (Å²) < 4.78 is 0. The third-order valence-corrected chi connectivity index (χ3v) is 3.74. The Bertz CT molecular complexity index is 89.3. The summed E-state index contributed by atoms with van der Waals surface area (Å²) in [5, 5.41) is 0. The summed E-state index contributed by atoms with van der Waals surface area (Å²) in [6.07, 6.45) is 2.18. The second-order valence-electron chi connectivity index (χ2n) is 3.79. The normalized spacial score (nSPS) is 18.6. The zero-order valence-electron chi connectivity index (χ0n) is 7.79. The van der Waals surface area contributed by atoms with Crippen LogP contribution in [0.4, 0.5) is 0 Å². The third-order valence-electron chi connectivity index (χ3n) is 2.96. The molecule has 0 aromatic carbocycles. The van der Waals surface area contributed by atoms with E-state index in [2.05, 4.69) is 34.6 Å². The minimum atomic E-state index is -0.0399. The number of hydrogen-bond donors (Lipinski definition) is 0. The first-order chi connectivity index (χ1) is 4.37. The molecule has 0 N–H and O–H groups in total. The van der Waals surface area contributed by atoms with E-state index < -0.39 is 0 Å². The summed E-state index contributed by atoms with van der Waals surface area (Å²) in [4.78, 5) is -0.0399. The highest BCUT2D eigenvalue weighted by Gasteiger charge is 2.35. The molecule has 0 aliphatic rings. The second kappa shape index (κ2) is 3.13. The molecular weight excluding hydrogens is 144 g/mol. The number of alkyl halides is 1. The Hall–Kier alpha value is 0.290. The van der Waals surface area contributed by atoms with Gasteiger partial charge in [0.05, 0.1) is 0 Å². The lowest BCUT2D eigenvalue weighted by molar-refractivity contribution is 0.243. The van der Waals surface area contributed by atoms with Crippen LogP contribution >= 0.6 is 11.6 Å². The molecule has 10 heavy (non-hydrogen) atoms. The van der Waals surface area contributed by atoms with E-state index in [1.807, 2.05) is 0 Å². The topological polar surface area (TPSA) is 0 Å². The van der Waals surface area contributed by atoms with Crippen molar-refractivity contribution in [2.24, 2.45) is 5.41 Å². The molecule has 0 heterocycles. The number of rotatable bonds is 3. The van der Waals surface area contributed by atoms with Crippen molar-refractivity contribution in [3.05, 3.63) is 0 Å². The van der Waals surface area contributed by atoms with Crippen LogP contribution in [-0.4, -0.2) is 4.87 Å². The van der Waals surface area contributed by atoms with Crippen molar-refractivity contribution in [3.63, 3.8) is 0 Å². The Morgan fingerprint density at radius 1 is 1.00 bits per heavy atom. The van der Waals surface area contributed by atoms with Gasteiger partial charge in [0.2, 0.25) is 0 Å². The zero-order valence-corrected chi connectivity index (χ0v) is 8.55. The minimum Gasteiger partial charge on any atom is -0.119 e. The molecule has 0 nitrogen and oxygen atoms in total. The molecule has 0 amide bonds. The Labute approximate surface area is 70.0 Å². The molecule has 0 saturated carbocycles. The molecule has 0 aromatic rings. The molecule has 0 radical (unpaired) electrons. The van der Waals surface area contributed by atoms with Crippen LogP contribution in [0.2, 0.25) is 0 Å². The first-order valence-corrected chi connectivity index (χ1v) is 4.44. The van der Waals surface area contributed by atoms with Gasteiger partial charge in [0.25, 0.3) is 0 Å². The quantitative estimate of drug-likeness (QED) is 0.554. The van der Waals surface area contributed by atoms with Gasteiger partial charge in [-0.05, 0) is 25.2 Å². The Morgan fingerprint density at radius 3 is 1.50 bits per heavy atom. The van der Waals surface area contributed by atoms with Gasteiger partial charge in [0.1, 0.15) is 0 Å². The van der Waals surface area contributed by atoms with Crippen LogP contribution in [0.25, 0.3) is 0 Å². The molecule has 0 spiro atoms. The summed E-state index contributed by atoms with van der Waals surface area (Å²) >= 11 is 6.31. The third kappa shape index (κ3) is 1.88. The SMILES string of the molecule is CCC(C)(C)C(C)(Cl)CC. The molecule has 0 aliphatic heterocycles. The van der Waals surface area contributed by atoms with Crippen molar-refractivity contribution >= 4 is 11.6 Å². The standard InChI is InChI=1S/C9H19Cl/c1-6-8(3,4)9(5,10)7-2/h6-7H2,1-5H3. The van der Waals surface area contributed by atoms with Crippen molar-refractivity contribution < 1.29 is 0 Å². The van der Waals surface area contributed by atoms with Gasteiger partial charge in [0, 0.05) is 4.87 Å². The largest absolute Gasteiger partial charge is 0.119 e. The van der Waals surface area contributed by atoms with Crippen molar-refractivity contribution in [1.82, 2.24) is 0 Å². The minimum absolute atomic E-state index is 0.0399. The molecule has 0 rings (SSSR count). The fourth-order valence-electron chi connectivity index (χ4n) is 0.847. The molecular formula is C9H19Cl. The van der Waals surface area contributed by atoms with Crippen LogP contribution in [0.5, 0.6) is 0 Å². The van der Waals surface area contributed by atoms with Gasteiger partial charge in [0.15, 0.2) is 0 Å². The van der Waals surface area contributed by atoms with E-state index in [1.54, 1.807) is 0 Å². The fraction of sp³-hybridized carbons (Fsp3) is 1.00. The average molecular weight is 163 g/mol. The van der Waals surface area contributed by atoms with Gasteiger partial charge in [-0.2, -0.15) is 0 Å². The summed E-state index contributed by atoms with van der Waals surface area (Å²) in [5.74, 6) is 0. The van der Waals surface area contributed by atoms with Crippen LogP contribution in [-0.2, 0) is 0 Å². The Balaban J connectivity index is 4.28. The predicted octanol–water partition coefficient (Wildman–Crippen LogP) is 3.83. The van der Waals surface area contributed by atoms with Crippen LogP contribution in [0.3, 0.4) is 0 Å². The van der Waals surface area contributed by atoms with E-state index in [1.165, 1.54) is 0 Å². The van der Waals surface area contributed by atoms with Gasteiger partial charge in [-0.1, -0.05) is 27.7 Å². The van der Waals surface area contributed by atoms with Crippen molar-refractivity contribution in [2.45, 2.75) is 52.3 Å². The molecule has 62 valence electrons. The molecule has 1 unspecified atom stereocenters. The van der Waals surface area contributed by atoms with Crippen molar-refractivity contribution in [3.8, 4) is 0 Å². The van der Waals surface area contributed by atoms with Crippen LogP contribution in [0.15, 0.2) is 0 Å². The van der Waals surface area contributed by atoms with E-state index in [0.717, 1.165) is 12.8 Å². The monoisotopic (exact) mass is 162 g/mol. The van der Waals surface area contributed by atoms with E-state index in [4.69, 9.17) is 11.6 Å². The summed E-state index contributed by atoms with van der Waals surface area (Å²) in [6, 6.07) is 0. The fourth-order valence-corrected chi connectivity index (χ4v) is 0.981. The lowest BCUT2D eigenvalue weighted by Gasteiger charge is -2.38. The Kier molecular flexibility index (Phi) is 3.22. The highest BCUT2D eigenvalue weighted by atomic mass is 35.5. The van der Waals surface area contributed by atoms with Crippen LogP contribution < -0.4 is 0 Å². The maximum absolute atomic E-state index is 6.31. The molecule has 0 bridgehead atoms. The molecule has 0 aliphatic carbocycles. The maximum atomic E-state index is 6.31. The molecule has 1 atom stereocenters. The van der Waals surface area contributed by atoms with Gasteiger partial charge >= 0.3 is 0 Å². The molecule has 0 saturated heterocycles. The highest BCUT2D eigenvalue weighted by molar-refractivity contribution is 6.24. The summed E-state index contributed by atoms with van der Waals surface area (Å²) in [7, 11) is 0. The number of halogens is 1. The highest BCUT2D eigenvalue weighted by Crippen LogP contribution is 2.41. The number of hydrogen-bond acceptors (Lipinski definition) is 0. The van der Waals surface area contributed by atoms with Crippen molar-refractivity contribution in [2.75, 3.05) is 0 Å². The van der Waals surface area contributed by atoms with E-state index >= 15 is 0 Å². The first-order valence-electron chi connectivity index (χ1n) is 4.06. The summed E-state index contributed by atoms with van der Waals surface area (Å²) in [5.41, 5.74) is 0.253. The lowest BCUT2D eigenvalue weighted by atomic mass is 9.76. The van der Waals surface area contributed by atoms with Crippen LogP contribution in [0.1, 0.15) is 47.5 Å². The van der Waals surface area contributed by atoms with Crippen LogP contribution in [0, 0.1) is 5.41 Å². The molecule has 1 heteroatoms. The van der Waals surface area contributed by atoms with Gasteiger partial charge in [-0.15, -0.1) is 11.6 Å².